The average Bonchev–Trinajstić information content (AvgIpc) is 3.22. The fourth-order valence-corrected chi connectivity index (χ4v) is 3.59. The molecule has 0 spiro atoms. The van der Waals surface area contributed by atoms with Crippen LogP contribution in [0.4, 0.5) is 0 Å². The number of nitrogens with zero attached hydrogens (tertiary/aromatic N) is 2. The highest BCUT2D eigenvalue weighted by Gasteiger charge is 2.17. The van der Waals surface area contributed by atoms with E-state index in [9.17, 15) is 9.59 Å². The molecule has 9 nitrogen and oxygen atoms in total. The molecule has 0 unspecified atom stereocenters. The second-order valence-corrected chi connectivity index (χ2v) is 7.56. The van der Waals surface area contributed by atoms with Crippen LogP contribution in [0, 0.1) is 5.41 Å². The molecular weight excluding hydrogens is 434 g/mol. The lowest BCUT2D eigenvalue weighted by molar-refractivity contribution is -0.136. The van der Waals surface area contributed by atoms with Crippen LogP contribution in [-0.4, -0.2) is 46.0 Å². The van der Waals surface area contributed by atoms with Crippen molar-refractivity contribution in [3.8, 4) is 22.8 Å². The minimum absolute atomic E-state index is 0.0197. The molecule has 1 amide bonds. The zero-order valence-electron chi connectivity index (χ0n) is 18.4. The number of ether oxygens (including phenoxy) is 1. The summed E-state index contributed by atoms with van der Waals surface area (Å²) in [7, 11) is 1.60. The number of aromatic nitrogens is 2. The molecule has 0 atom stereocenters. The number of hydrogen-bond donors (Lipinski definition) is 4. The maximum atomic E-state index is 12.5. The van der Waals surface area contributed by atoms with E-state index >= 15 is 0 Å². The molecule has 0 saturated heterocycles. The number of carboxylic acids is 1. The van der Waals surface area contributed by atoms with E-state index in [0.717, 1.165) is 22.5 Å². The summed E-state index contributed by atoms with van der Waals surface area (Å²) in [6.45, 7) is 0.0419. The van der Waals surface area contributed by atoms with Crippen molar-refractivity contribution in [1.29, 1.82) is 5.41 Å². The predicted molar refractivity (Wildman–Crippen MR) is 129 cm³/mol. The Morgan fingerprint density at radius 3 is 2.35 bits per heavy atom. The predicted octanol–water partition coefficient (Wildman–Crippen LogP) is 3.19. The summed E-state index contributed by atoms with van der Waals surface area (Å²) in [6.07, 6.45) is -0.152. The van der Waals surface area contributed by atoms with Gasteiger partial charge >= 0.3 is 5.97 Å². The third-order valence-electron chi connectivity index (χ3n) is 5.33. The molecule has 0 fully saturated rings. The fraction of sp³-hybridized carbons (Fsp3) is 0.120. The first-order valence-corrected chi connectivity index (χ1v) is 10.5. The van der Waals surface area contributed by atoms with Crippen LogP contribution in [0.2, 0.25) is 0 Å². The lowest BCUT2D eigenvalue weighted by Gasteiger charge is -2.11. The Kier molecular flexibility index (Phi) is 6.26. The number of benzene rings is 3. The van der Waals surface area contributed by atoms with Gasteiger partial charge in [-0.1, -0.05) is 24.3 Å². The molecular formula is C25H23N5O4. The lowest BCUT2D eigenvalue weighted by Crippen LogP contribution is -2.25. The van der Waals surface area contributed by atoms with E-state index in [1.54, 1.807) is 31.4 Å². The molecule has 34 heavy (non-hydrogen) atoms. The maximum absolute atomic E-state index is 12.5. The summed E-state index contributed by atoms with van der Waals surface area (Å²) < 4.78 is 7.25. The molecule has 0 aliphatic rings. The number of hydrogen-bond acceptors (Lipinski definition) is 5. The average molecular weight is 457 g/mol. The first kappa shape index (κ1) is 22.5. The minimum Gasteiger partial charge on any atom is -0.497 e. The maximum Gasteiger partial charge on any atom is 0.305 e. The van der Waals surface area contributed by atoms with E-state index in [4.69, 9.17) is 26.0 Å². The Morgan fingerprint density at radius 2 is 1.74 bits per heavy atom. The van der Waals surface area contributed by atoms with E-state index < -0.39 is 5.97 Å². The number of nitrogen functional groups attached to an aromatic ring is 1. The first-order chi connectivity index (χ1) is 16.4. The molecule has 9 heteroatoms. The largest absolute Gasteiger partial charge is 0.497 e. The highest BCUT2D eigenvalue weighted by molar-refractivity contribution is 5.98. The molecule has 0 bridgehead atoms. The second kappa shape index (κ2) is 9.45. The summed E-state index contributed by atoms with van der Waals surface area (Å²) in [6, 6.07) is 19.9. The van der Waals surface area contributed by atoms with Gasteiger partial charge in [0.1, 0.15) is 17.4 Å². The molecule has 0 aliphatic heterocycles. The molecule has 172 valence electrons. The molecule has 1 aromatic heterocycles. The van der Waals surface area contributed by atoms with Gasteiger partial charge in [-0.3, -0.25) is 19.6 Å². The van der Waals surface area contributed by atoms with Gasteiger partial charge in [0.25, 0.3) is 5.91 Å². The van der Waals surface area contributed by atoms with Crippen molar-refractivity contribution >= 4 is 28.7 Å². The highest BCUT2D eigenvalue weighted by Crippen LogP contribution is 2.30. The number of carbonyl (C=O) groups is 2. The van der Waals surface area contributed by atoms with E-state index in [1.165, 1.54) is 0 Å². The van der Waals surface area contributed by atoms with Gasteiger partial charge in [-0.25, -0.2) is 4.98 Å². The molecule has 0 aliphatic carbocycles. The molecule has 3 aromatic carbocycles. The monoisotopic (exact) mass is 457 g/mol. The number of nitrogens with two attached hydrogens (primary N) is 1. The van der Waals surface area contributed by atoms with Crippen LogP contribution in [0.1, 0.15) is 22.3 Å². The SMILES string of the molecule is COc1ccc(-n2c(-c3ccc(C(=N)N)cc3)nc3cc(C(=O)NCCC(=O)O)ccc32)cc1. The van der Waals surface area contributed by atoms with Crippen molar-refractivity contribution in [3.05, 3.63) is 77.9 Å². The normalized spacial score (nSPS) is 10.7. The Bertz CT molecular complexity index is 1380. The van der Waals surface area contributed by atoms with Crippen LogP contribution in [0.5, 0.6) is 5.75 Å². The zero-order chi connectivity index (χ0) is 24.2. The van der Waals surface area contributed by atoms with Crippen LogP contribution < -0.4 is 15.8 Å². The summed E-state index contributed by atoms with van der Waals surface area (Å²) in [4.78, 5) is 28.0. The second-order valence-electron chi connectivity index (χ2n) is 7.56. The quantitative estimate of drug-likeness (QED) is 0.236. The Labute approximate surface area is 195 Å². The van der Waals surface area contributed by atoms with Crippen molar-refractivity contribution in [2.75, 3.05) is 13.7 Å². The molecule has 1 heterocycles. The van der Waals surface area contributed by atoms with Crippen LogP contribution in [0.3, 0.4) is 0 Å². The minimum atomic E-state index is -0.977. The third-order valence-corrected chi connectivity index (χ3v) is 5.33. The lowest BCUT2D eigenvalue weighted by atomic mass is 10.1. The molecule has 0 saturated carbocycles. The van der Waals surface area contributed by atoms with Crippen molar-refractivity contribution in [3.63, 3.8) is 0 Å². The van der Waals surface area contributed by atoms with Gasteiger partial charge in [-0.2, -0.15) is 0 Å². The number of rotatable bonds is 8. The smallest absolute Gasteiger partial charge is 0.305 e. The number of methoxy groups -OCH3 is 1. The van der Waals surface area contributed by atoms with Crippen molar-refractivity contribution < 1.29 is 19.4 Å². The van der Waals surface area contributed by atoms with E-state index in [0.29, 0.717) is 22.5 Å². The third kappa shape index (κ3) is 4.58. The summed E-state index contributed by atoms with van der Waals surface area (Å²) in [5.74, 6) is 0.0113. The van der Waals surface area contributed by atoms with Gasteiger partial charge in [0.2, 0.25) is 0 Å². The fourth-order valence-electron chi connectivity index (χ4n) is 3.59. The van der Waals surface area contributed by atoms with Crippen LogP contribution in [0.25, 0.3) is 28.1 Å². The molecule has 5 N–H and O–H groups in total. The molecule has 4 aromatic rings. The Balaban J connectivity index is 1.80. The van der Waals surface area contributed by atoms with Crippen molar-refractivity contribution in [2.45, 2.75) is 6.42 Å². The number of carbonyl (C=O) groups excluding carboxylic acids is 1. The highest BCUT2D eigenvalue weighted by atomic mass is 16.5. The van der Waals surface area contributed by atoms with Gasteiger partial charge in [0.15, 0.2) is 0 Å². The van der Waals surface area contributed by atoms with E-state index in [2.05, 4.69) is 5.32 Å². The number of nitrogens with one attached hydrogen (secondary N) is 2. The number of carboxylic acid groups (broad SMARTS) is 1. The molecule has 0 radical (unpaired) electrons. The first-order valence-electron chi connectivity index (χ1n) is 10.5. The summed E-state index contributed by atoms with van der Waals surface area (Å²) in [5.41, 5.74) is 9.64. The van der Waals surface area contributed by atoms with E-state index in [-0.39, 0.29) is 24.7 Å². The van der Waals surface area contributed by atoms with Gasteiger partial charge in [0, 0.05) is 28.9 Å². The van der Waals surface area contributed by atoms with E-state index in [1.807, 2.05) is 47.0 Å². The van der Waals surface area contributed by atoms with Crippen LogP contribution in [-0.2, 0) is 4.79 Å². The van der Waals surface area contributed by atoms with Gasteiger partial charge in [-0.15, -0.1) is 0 Å². The number of aliphatic carboxylic acids is 1. The van der Waals surface area contributed by atoms with Gasteiger partial charge in [0.05, 0.1) is 24.6 Å². The molecule has 4 rings (SSSR count). The number of fused-ring (bicyclic) bond motifs is 1. The van der Waals surface area contributed by atoms with Gasteiger partial charge < -0.3 is 20.9 Å². The number of imidazole rings is 1. The Hall–Kier alpha value is -4.66. The number of amides is 1. The summed E-state index contributed by atoms with van der Waals surface area (Å²) >= 11 is 0. The Morgan fingerprint density at radius 1 is 1.06 bits per heavy atom. The van der Waals surface area contributed by atoms with Crippen LogP contribution in [0.15, 0.2) is 66.7 Å². The van der Waals surface area contributed by atoms with Gasteiger partial charge in [-0.05, 0) is 42.5 Å². The summed E-state index contributed by atoms with van der Waals surface area (Å²) in [5, 5.41) is 19.0. The van der Waals surface area contributed by atoms with Crippen LogP contribution >= 0.6 is 0 Å². The van der Waals surface area contributed by atoms with Crippen molar-refractivity contribution in [2.24, 2.45) is 5.73 Å². The standard InChI is InChI=1S/C25H23N5O4/c1-34-19-9-7-18(8-10-19)30-21-11-6-17(25(33)28-13-12-22(31)32)14-20(21)29-24(30)16-4-2-15(3-5-16)23(26)27/h2-11,14H,12-13H2,1H3,(H3,26,27)(H,28,33)(H,31,32). The topological polar surface area (TPSA) is 143 Å². The zero-order valence-corrected chi connectivity index (χ0v) is 18.4. The number of amidine groups is 1. The van der Waals surface area contributed by atoms with Crippen molar-refractivity contribution in [1.82, 2.24) is 14.9 Å².